The van der Waals surface area contributed by atoms with E-state index in [-0.39, 0.29) is 40.5 Å². The summed E-state index contributed by atoms with van der Waals surface area (Å²) in [6, 6.07) is 7.18. The summed E-state index contributed by atoms with van der Waals surface area (Å²) >= 11 is 5.96. The number of piperidine rings is 1. The van der Waals surface area contributed by atoms with E-state index in [0.717, 1.165) is 18.9 Å². The van der Waals surface area contributed by atoms with Crippen LogP contribution in [0.1, 0.15) is 47.6 Å². The number of nitrogens with zero attached hydrogens (tertiary/aromatic N) is 2. The van der Waals surface area contributed by atoms with E-state index in [0.29, 0.717) is 49.3 Å². The highest BCUT2D eigenvalue weighted by Gasteiger charge is 2.29. The minimum absolute atomic E-state index is 0.00587. The zero-order valence-electron chi connectivity index (χ0n) is 21.1. The first kappa shape index (κ1) is 26.6. The molecule has 1 amide bonds. The van der Waals surface area contributed by atoms with Gasteiger partial charge in [0.1, 0.15) is 35.7 Å². The molecule has 0 bridgehead atoms. The lowest BCUT2D eigenvalue weighted by atomic mass is 10.0. The average Bonchev–Trinajstić information content (AvgIpc) is 3.73. The lowest BCUT2D eigenvalue weighted by Gasteiger charge is -2.33. The number of aryl methyl sites for hydroxylation is 1. The van der Waals surface area contributed by atoms with Crippen LogP contribution < -0.4 is 15.5 Å². The number of fused-ring (bicyclic) bond motifs is 1. The number of hydrogen-bond acceptors (Lipinski definition) is 5. The van der Waals surface area contributed by atoms with Crippen molar-refractivity contribution in [2.75, 3.05) is 26.2 Å². The number of likely N-dealkylation sites (tertiary alicyclic amines) is 1. The number of nitrogens with one attached hydrogen (secondary N) is 1. The quantitative estimate of drug-likeness (QED) is 0.443. The maximum absolute atomic E-state index is 14.1. The molecule has 0 spiro atoms. The molecule has 0 radical (unpaired) electrons. The summed E-state index contributed by atoms with van der Waals surface area (Å²) in [5, 5.41) is 13.4. The molecule has 7 nitrogen and oxygen atoms in total. The van der Waals surface area contributed by atoms with Crippen LogP contribution in [-0.4, -0.2) is 58.9 Å². The number of halogens is 3. The first-order valence-corrected chi connectivity index (χ1v) is 13.2. The van der Waals surface area contributed by atoms with Gasteiger partial charge in [0.05, 0.1) is 10.5 Å². The normalized spacial score (nSPS) is 17.5. The molecule has 1 saturated heterocycles. The fourth-order valence-corrected chi connectivity index (χ4v) is 5.05. The second kappa shape index (κ2) is 11.0. The Morgan fingerprint density at radius 3 is 2.58 bits per heavy atom. The number of β-amino-alcohol motifs (C(OH)–C–C–N with tert-alkyl or cyclic N) is 1. The number of carbonyl (C=O) groups is 1. The number of hydrogen-bond donors (Lipinski definition) is 2. The van der Waals surface area contributed by atoms with Gasteiger partial charge >= 0.3 is 0 Å². The molecule has 2 heterocycles. The number of pyridine rings is 1. The lowest BCUT2D eigenvalue weighted by molar-refractivity contribution is 0.0567. The summed E-state index contributed by atoms with van der Waals surface area (Å²) in [7, 11) is 0. The van der Waals surface area contributed by atoms with Crippen molar-refractivity contribution in [1.82, 2.24) is 14.8 Å². The van der Waals surface area contributed by atoms with E-state index in [2.05, 4.69) is 10.2 Å². The van der Waals surface area contributed by atoms with Crippen molar-refractivity contribution in [3.63, 3.8) is 0 Å². The number of aliphatic hydroxyl groups excluding tert-OH is 1. The zero-order chi connectivity index (χ0) is 27.0. The van der Waals surface area contributed by atoms with Gasteiger partial charge in [-0.3, -0.25) is 9.59 Å². The Bertz CT molecular complexity index is 1420. The van der Waals surface area contributed by atoms with Crippen molar-refractivity contribution < 1.29 is 23.4 Å². The summed E-state index contributed by atoms with van der Waals surface area (Å²) in [5.74, 6) is -1.15. The van der Waals surface area contributed by atoms with E-state index in [1.807, 2.05) is 4.57 Å². The van der Waals surface area contributed by atoms with E-state index in [9.17, 15) is 23.5 Å². The molecule has 2 fully saturated rings. The molecule has 1 atom stereocenters. The molecule has 3 aromatic rings. The van der Waals surface area contributed by atoms with Gasteiger partial charge in [0.15, 0.2) is 0 Å². The Labute approximate surface area is 224 Å². The van der Waals surface area contributed by atoms with Gasteiger partial charge in [0.25, 0.3) is 5.91 Å². The third-order valence-electron chi connectivity index (χ3n) is 7.24. The van der Waals surface area contributed by atoms with Crippen LogP contribution in [0, 0.1) is 18.6 Å². The first-order chi connectivity index (χ1) is 18.2. The van der Waals surface area contributed by atoms with Crippen LogP contribution in [-0.2, 0) is 0 Å². The fourth-order valence-electron chi connectivity index (χ4n) is 4.89. The number of carbonyl (C=O) groups excluding carboxylic acids is 1. The number of ether oxygens (including phenoxy) is 1. The van der Waals surface area contributed by atoms with Crippen molar-refractivity contribution in [2.45, 2.75) is 50.8 Å². The Balaban J connectivity index is 1.17. The van der Waals surface area contributed by atoms with E-state index >= 15 is 0 Å². The fraction of sp³-hybridized carbons (Fsp3) is 0.429. The van der Waals surface area contributed by atoms with E-state index < -0.39 is 23.3 Å². The minimum atomic E-state index is -0.752. The van der Waals surface area contributed by atoms with Crippen LogP contribution >= 0.6 is 11.6 Å². The molecule has 10 heteroatoms. The van der Waals surface area contributed by atoms with Gasteiger partial charge in [0, 0.05) is 49.4 Å². The zero-order valence-corrected chi connectivity index (χ0v) is 21.8. The summed E-state index contributed by atoms with van der Waals surface area (Å²) in [6.07, 6.45) is 3.96. The lowest BCUT2D eigenvalue weighted by Crippen LogP contribution is -2.47. The van der Waals surface area contributed by atoms with Crippen LogP contribution in [0.15, 0.2) is 41.3 Å². The molecule has 1 saturated carbocycles. The molecule has 2 N–H and O–H groups in total. The van der Waals surface area contributed by atoms with Gasteiger partial charge in [-0.25, -0.2) is 8.78 Å². The predicted molar refractivity (Wildman–Crippen MR) is 141 cm³/mol. The second-order valence-electron chi connectivity index (χ2n) is 10.2. The second-order valence-corrected chi connectivity index (χ2v) is 10.6. The molecule has 5 rings (SSSR count). The van der Waals surface area contributed by atoms with E-state index in [4.69, 9.17) is 16.3 Å². The van der Waals surface area contributed by atoms with Crippen LogP contribution in [0.4, 0.5) is 8.78 Å². The summed E-state index contributed by atoms with van der Waals surface area (Å²) in [6.45, 7) is 3.40. The van der Waals surface area contributed by atoms with Crippen molar-refractivity contribution in [3.05, 3.63) is 74.5 Å². The molecule has 2 aliphatic rings. The summed E-state index contributed by atoms with van der Waals surface area (Å²) < 4.78 is 35.2. The summed E-state index contributed by atoms with van der Waals surface area (Å²) in [4.78, 5) is 28.3. The molecular formula is C28H30ClF2N3O4. The predicted octanol–water partition coefficient (Wildman–Crippen LogP) is 4.21. The number of benzene rings is 2. The third-order valence-corrected chi connectivity index (χ3v) is 7.53. The van der Waals surface area contributed by atoms with E-state index in [1.165, 1.54) is 12.1 Å². The monoisotopic (exact) mass is 545 g/mol. The Morgan fingerprint density at radius 1 is 1.16 bits per heavy atom. The van der Waals surface area contributed by atoms with Crippen molar-refractivity contribution in [2.24, 2.45) is 0 Å². The number of aromatic nitrogens is 1. The molecule has 38 heavy (non-hydrogen) atoms. The molecular weight excluding hydrogens is 516 g/mol. The van der Waals surface area contributed by atoms with Crippen LogP contribution in [0.3, 0.4) is 0 Å². The number of amides is 1. The van der Waals surface area contributed by atoms with Crippen LogP contribution in [0.5, 0.6) is 5.75 Å². The first-order valence-electron chi connectivity index (χ1n) is 12.8. The highest BCUT2D eigenvalue weighted by Crippen LogP contribution is 2.37. The minimum Gasteiger partial charge on any atom is -0.491 e. The van der Waals surface area contributed by atoms with E-state index in [1.54, 1.807) is 25.3 Å². The standard InChI is InChI=1S/C28H30ClF2N3O4/c1-16-2-5-20(10-24(16)30)38-15-19(35)13-33-8-6-17(7-9-33)32-28(37)22-14-34(18-3-4-18)26-12-23(29)25(31)11-21(26)27(22)36/h2,5,10-12,14,17-19,35H,3-4,6-9,13,15H2,1H3,(H,32,37)/t19-/m0/s1. The molecule has 1 aliphatic heterocycles. The van der Waals surface area contributed by atoms with Gasteiger partial charge in [-0.05, 0) is 56.4 Å². The van der Waals surface area contributed by atoms with Gasteiger partial charge in [-0.1, -0.05) is 17.7 Å². The largest absolute Gasteiger partial charge is 0.491 e. The smallest absolute Gasteiger partial charge is 0.256 e. The van der Waals surface area contributed by atoms with Crippen molar-refractivity contribution in [3.8, 4) is 5.75 Å². The molecule has 0 unspecified atom stereocenters. The Hall–Kier alpha value is -3.01. The van der Waals surface area contributed by atoms with Crippen LogP contribution in [0.25, 0.3) is 10.9 Å². The SMILES string of the molecule is Cc1ccc(OC[C@@H](O)CN2CCC(NC(=O)c3cn(C4CC4)c4cc(Cl)c(F)cc4c3=O)CC2)cc1F. The van der Waals surface area contributed by atoms with Gasteiger partial charge in [0.2, 0.25) is 5.43 Å². The molecule has 1 aliphatic carbocycles. The van der Waals surface area contributed by atoms with Gasteiger partial charge in [-0.2, -0.15) is 0 Å². The molecule has 2 aromatic carbocycles. The number of aliphatic hydroxyl groups is 1. The molecule has 202 valence electrons. The maximum Gasteiger partial charge on any atom is 0.256 e. The number of rotatable bonds is 8. The topological polar surface area (TPSA) is 83.8 Å². The van der Waals surface area contributed by atoms with Gasteiger partial charge in [-0.15, -0.1) is 0 Å². The highest BCUT2D eigenvalue weighted by molar-refractivity contribution is 6.31. The van der Waals surface area contributed by atoms with Crippen molar-refractivity contribution in [1.29, 1.82) is 0 Å². The Kier molecular flexibility index (Phi) is 7.70. The van der Waals surface area contributed by atoms with Gasteiger partial charge < -0.3 is 24.6 Å². The van der Waals surface area contributed by atoms with Crippen LogP contribution in [0.2, 0.25) is 5.02 Å². The third kappa shape index (κ3) is 5.85. The average molecular weight is 546 g/mol. The summed E-state index contributed by atoms with van der Waals surface area (Å²) in [5.41, 5.74) is 0.539. The Morgan fingerprint density at radius 2 is 1.89 bits per heavy atom. The molecule has 1 aromatic heterocycles. The maximum atomic E-state index is 14.1. The highest BCUT2D eigenvalue weighted by atomic mass is 35.5. The van der Waals surface area contributed by atoms with Crippen molar-refractivity contribution >= 4 is 28.4 Å².